The highest BCUT2D eigenvalue weighted by Crippen LogP contribution is 2.37. The fourth-order valence-corrected chi connectivity index (χ4v) is 5.05. The van der Waals surface area contributed by atoms with Crippen molar-refractivity contribution in [3.8, 4) is 0 Å². The van der Waals surface area contributed by atoms with Crippen LogP contribution in [0.5, 0.6) is 0 Å². The summed E-state index contributed by atoms with van der Waals surface area (Å²) in [5.74, 6) is 0.0455. The molecule has 2 unspecified atom stereocenters. The van der Waals surface area contributed by atoms with Crippen LogP contribution in [0.1, 0.15) is 38.2 Å². The van der Waals surface area contributed by atoms with Gasteiger partial charge in [-0.25, -0.2) is 17.6 Å². The Kier molecular flexibility index (Phi) is 4.55. The minimum absolute atomic E-state index is 0.0164. The highest BCUT2D eigenvalue weighted by molar-refractivity contribution is 7.92. The Morgan fingerprint density at radius 1 is 1.29 bits per heavy atom. The summed E-state index contributed by atoms with van der Waals surface area (Å²) >= 11 is 0. The molecule has 1 N–H and O–H groups in total. The van der Waals surface area contributed by atoms with E-state index >= 15 is 0 Å². The van der Waals surface area contributed by atoms with Crippen molar-refractivity contribution >= 4 is 15.9 Å². The molecule has 2 fully saturated rings. The SMILES string of the molecule is CC1C(C)S(=O)(=O)CCN1C(=O)NC1CC(c2cccc(F)c2)C1. The van der Waals surface area contributed by atoms with Crippen molar-refractivity contribution in [3.63, 3.8) is 0 Å². The predicted molar refractivity (Wildman–Crippen MR) is 90.1 cm³/mol. The van der Waals surface area contributed by atoms with E-state index in [2.05, 4.69) is 5.32 Å². The molecule has 1 aromatic rings. The number of carbonyl (C=O) groups is 1. The Hall–Kier alpha value is -1.63. The van der Waals surface area contributed by atoms with Gasteiger partial charge in [-0.05, 0) is 50.3 Å². The van der Waals surface area contributed by atoms with E-state index in [1.165, 1.54) is 6.07 Å². The van der Waals surface area contributed by atoms with Gasteiger partial charge in [-0.3, -0.25) is 0 Å². The molecular formula is C17H23FN2O3S. The first-order valence-electron chi connectivity index (χ1n) is 8.32. The molecule has 1 aliphatic heterocycles. The summed E-state index contributed by atoms with van der Waals surface area (Å²) in [5.41, 5.74) is 0.964. The second-order valence-corrected chi connectivity index (χ2v) is 9.35. The second kappa shape index (κ2) is 6.35. The molecule has 5 nitrogen and oxygen atoms in total. The van der Waals surface area contributed by atoms with E-state index in [1.54, 1.807) is 30.9 Å². The molecule has 2 amide bonds. The Morgan fingerprint density at radius 2 is 2.00 bits per heavy atom. The average molecular weight is 354 g/mol. The van der Waals surface area contributed by atoms with E-state index in [0.29, 0.717) is 0 Å². The van der Waals surface area contributed by atoms with Crippen LogP contribution in [0.4, 0.5) is 9.18 Å². The van der Waals surface area contributed by atoms with Crippen LogP contribution in [-0.2, 0) is 9.84 Å². The summed E-state index contributed by atoms with van der Waals surface area (Å²) in [6.45, 7) is 3.67. The lowest BCUT2D eigenvalue weighted by Gasteiger charge is -2.41. The smallest absolute Gasteiger partial charge is 0.317 e. The highest BCUT2D eigenvalue weighted by atomic mass is 32.2. The van der Waals surface area contributed by atoms with Gasteiger partial charge in [0.1, 0.15) is 5.82 Å². The molecule has 3 rings (SSSR count). The molecule has 1 aliphatic carbocycles. The van der Waals surface area contributed by atoms with Crippen molar-refractivity contribution < 1.29 is 17.6 Å². The Labute approximate surface area is 142 Å². The van der Waals surface area contributed by atoms with Crippen molar-refractivity contribution in [2.45, 2.75) is 49.9 Å². The minimum Gasteiger partial charge on any atom is -0.335 e. The third kappa shape index (κ3) is 3.27. The molecule has 1 saturated carbocycles. The van der Waals surface area contributed by atoms with Gasteiger partial charge in [0, 0.05) is 18.6 Å². The van der Waals surface area contributed by atoms with E-state index in [1.807, 2.05) is 6.07 Å². The van der Waals surface area contributed by atoms with Gasteiger partial charge < -0.3 is 10.2 Å². The van der Waals surface area contributed by atoms with Crippen LogP contribution in [0.2, 0.25) is 0 Å². The van der Waals surface area contributed by atoms with E-state index in [-0.39, 0.29) is 42.1 Å². The molecule has 0 radical (unpaired) electrons. The summed E-state index contributed by atoms with van der Waals surface area (Å²) in [7, 11) is -3.10. The molecule has 1 aromatic carbocycles. The summed E-state index contributed by atoms with van der Waals surface area (Å²) < 4.78 is 37.0. The maximum Gasteiger partial charge on any atom is 0.317 e. The predicted octanol–water partition coefficient (Wildman–Crippen LogP) is 2.29. The number of amides is 2. The minimum atomic E-state index is -3.10. The number of rotatable bonds is 2. The number of hydrogen-bond acceptors (Lipinski definition) is 3. The van der Waals surface area contributed by atoms with Crippen molar-refractivity contribution in [1.29, 1.82) is 0 Å². The first-order valence-corrected chi connectivity index (χ1v) is 10.0. The first-order chi connectivity index (χ1) is 11.3. The average Bonchev–Trinajstić information content (AvgIpc) is 2.48. The van der Waals surface area contributed by atoms with Crippen LogP contribution < -0.4 is 5.32 Å². The Balaban J connectivity index is 1.54. The first kappa shape index (κ1) is 17.2. The molecule has 2 aliphatic rings. The van der Waals surface area contributed by atoms with Crippen molar-refractivity contribution in [2.75, 3.05) is 12.3 Å². The number of halogens is 1. The summed E-state index contributed by atoms with van der Waals surface area (Å²) in [6.07, 6.45) is 1.57. The summed E-state index contributed by atoms with van der Waals surface area (Å²) in [4.78, 5) is 14.0. The molecule has 132 valence electrons. The standard InChI is InChI=1S/C17H23FN2O3S/c1-11-12(2)24(22,23)7-6-20(11)17(21)19-16-9-14(10-16)13-4-3-5-15(18)8-13/h3-5,8,11-12,14,16H,6-7,9-10H2,1-2H3,(H,19,21). The molecule has 1 saturated heterocycles. The molecule has 0 bridgehead atoms. The quantitative estimate of drug-likeness (QED) is 0.886. The number of nitrogens with one attached hydrogen (secondary N) is 1. The van der Waals surface area contributed by atoms with Gasteiger partial charge in [-0.2, -0.15) is 0 Å². The van der Waals surface area contributed by atoms with Gasteiger partial charge in [-0.15, -0.1) is 0 Å². The Bertz CT molecular complexity index is 731. The van der Waals surface area contributed by atoms with Crippen molar-refractivity contribution in [3.05, 3.63) is 35.6 Å². The second-order valence-electron chi connectivity index (χ2n) is 6.88. The summed E-state index contributed by atoms with van der Waals surface area (Å²) in [5, 5.41) is 2.43. The topological polar surface area (TPSA) is 66.5 Å². The van der Waals surface area contributed by atoms with Crippen molar-refractivity contribution in [2.24, 2.45) is 0 Å². The fraction of sp³-hybridized carbons (Fsp3) is 0.588. The number of carbonyl (C=O) groups excluding carboxylic acids is 1. The normalized spacial score (nSPS) is 32.0. The lowest BCUT2D eigenvalue weighted by atomic mass is 9.76. The number of benzene rings is 1. The molecule has 2 atom stereocenters. The van der Waals surface area contributed by atoms with Gasteiger partial charge in [-0.1, -0.05) is 12.1 Å². The highest BCUT2D eigenvalue weighted by Gasteiger charge is 2.39. The molecule has 0 aromatic heterocycles. The van der Waals surface area contributed by atoms with Crippen LogP contribution in [0.3, 0.4) is 0 Å². The van der Waals surface area contributed by atoms with Crippen LogP contribution in [0.15, 0.2) is 24.3 Å². The zero-order valence-electron chi connectivity index (χ0n) is 13.9. The molecular weight excluding hydrogens is 331 g/mol. The molecule has 1 heterocycles. The largest absolute Gasteiger partial charge is 0.335 e. The van der Waals surface area contributed by atoms with Crippen LogP contribution in [0.25, 0.3) is 0 Å². The maximum absolute atomic E-state index is 13.3. The number of sulfone groups is 1. The van der Waals surface area contributed by atoms with Gasteiger partial charge in [0.25, 0.3) is 0 Å². The third-order valence-corrected chi connectivity index (χ3v) is 7.68. The third-order valence-electron chi connectivity index (χ3n) is 5.40. The van der Waals surface area contributed by atoms with Gasteiger partial charge >= 0.3 is 6.03 Å². The van der Waals surface area contributed by atoms with Crippen LogP contribution in [-0.4, -0.2) is 49.0 Å². The van der Waals surface area contributed by atoms with Gasteiger partial charge in [0.15, 0.2) is 9.84 Å². The maximum atomic E-state index is 13.3. The Morgan fingerprint density at radius 3 is 2.67 bits per heavy atom. The number of urea groups is 1. The molecule has 24 heavy (non-hydrogen) atoms. The fourth-order valence-electron chi connectivity index (χ4n) is 3.48. The van der Waals surface area contributed by atoms with E-state index in [9.17, 15) is 17.6 Å². The molecule has 7 heteroatoms. The zero-order chi connectivity index (χ0) is 17.5. The summed E-state index contributed by atoms with van der Waals surface area (Å²) in [6, 6.07) is 6.11. The number of nitrogens with zero attached hydrogens (tertiary/aromatic N) is 1. The number of hydrogen-bond donors (Lipinski definition) is 1. The van der Waals surface area contributed by atoms with Crippen LogP contribution >= 0.6 is 0 Å². The van der Waals surface area contributed by atoms with E-state index in [4.69, 9.17) is 0 Å². The van der Waals surface area contributed by atoms with E-state index in [0.717, 1.165) is 18.4 Å². The lowest BCUT2D eigenvalue weighted by molar-refractivity contribution is 0.165. The monoisotopic (exact) mass is 354 g/mol. The van der Waals surface area contributed by atoms with E-state index < -0.39 is 15.1 Å². The van der Waals surface area contributed by atoms with Crippen LogP contribution in [0, 0.1) is 5.82 Å². The van der Waals surface area contributed by atoms with Crippen molar-refractivity contribution in [1.82, 2.24) is 10.2 Å². The zero-order valence-corrected chi connectivity index (χ0v) is 14.7. The van der Waals surface area contributed by atoms with Gasteiger partial charge in [0.05, 0.1) is 11.0 Å². The lowest BCUT2D eigenvalue weighted by Crippen LogP contribution is -2.59. The van der Waals surface area contributed by atoms with Gasteiger partial charge in [0.2, 0.25) is 0 Å². The molecule has 0 spiro atoms.